The molecule has 2 aromatic carbocycles. The number of fused-ring (bicyclic) bond motifs is 1. The molecular formula is C22H23ClN2O3. The zero-order chi connectivity index (χ0) is 19.8. The molecule has 0 bridgehead atoms. The van der Waals surface area contributed by atoms with Gasteiger partial charge in [0.2, 0.25) is 5.78 Å². The number of hydrogen-bond acceptors (Lipinski definition) is 5. The standard InChI is InChI=1S/C22H23ClN2O3/c1-14-11-18(26)17(13-25-9-7-24(2)8-10-25)22-20(14)21(27)19(28-22)12-15-3-5-16(23)6-4-15/h3-6,11-12,26H,7-10,13H2,1-2H3/b19-12-. The number of phenols is 1. The van der Waals surface area contributed by atoms with Crippen molar-refractivity contribution in [2.45, 2.75) is 13.5 Å². The summed E-state index contributed by atoms with van der Waals surface area (Å²) in [6.45, 7) is 6.18. The predicted octanol–water partition coefficient (Wildman–Crippen LogP) is 3.72. The molecule has 146 valence electrons. The third kappa shape index (κ3) is 3.65. The number of nitrogens with zero attached hydrogens (tertiary/aromatic N) is 2. The van der Waals surface area contributed by atoms with Gasteiger partial charge in [0.25, 0.3) is 0 Å². The number of carbonyl (C=O) groups is 1. The van der Waals surface area contributed by atoms with Crippen molar-refractivity contribution in [3.63, 3.8) is 0 Å². The summed E-state index contributed by atoms with van der Waals surface area (Å²) in [5.74, 6) is 0.782. The zero-order valence-electron chi connectivity index (χ0n) is 16.0. The van der Waals surface area contributed by atoms with E-state index in [2.05, 4.69) is 16.8 Å². The van der Waals surface area contributed by atoms with Crippen molar-refractivity contribution in [2.75, 3.05) is 33.2 Å². The molecule has 2 aliphatic rings. The van der Waals surface area contributed by atoms with Gasteiger partial charge in [0, 0.05) is 37.7 Å². The molecule has 0 spiro atoms. The van der Waals surface area contributed by atoms with Gasteiger partial charge in [-0.25, -0.2) is 0 Å². The average Bonchev–Trinajstić information content (AvgIpc) is 2.99. The fourth-order valence-electron chi connectivity index (χ4n) is 3.67. The number of allylic oxidation sites excluding steroid dienone is 1. The number of ether oxygens (including phenoxy) is 1. The molecular weight excluding hydrogens is 376 g/mol. The second-order valence-corrected chi connectivity index (χ2v) is 7.90. The highest BCUT2D eigenvalue weighted by atomic mass is 35.5. The fraction of sp³-hybridized carbons (Fsp3) is 0.318. The number of rotatable bonds is 3. The first-order valence-corrected chi connectivity index (χ1v) is 9.76. The minimum atomic E-state index is -0.151. The van der Waals surface area contributed by atoms with E-state index in [0.29, 0.717) is 28.4 Å². The molecule has 2 aliphatic heterocycles. The maximum absolute atomic E-state index is 13.0. The van der Waals surface area contributed by atoms with Crippen LogP contribution in [0.3, 0.4) is 0 Å². The molecule has 0 unspecified atom stereocenters. The van der Waals surface area contributed by atoms with Gasteiger partial charge in [-0.15, -0.1) is 0 Å². The number of aryl methyl sites for hydroxylation is 1. The fourth-order valence-corrected chi connectivity index (χ4v) is 3.80. The van der Waals surface area contributed by atoms with Crippen molar-refractivity contribution in [1.29, 1.82) is 0 Å². The van der Waals surface area contributed by atoms with Crippen LogP contribution >= 0.6 is 11.6 Å². The Morgan fingerprint density at radius 2 is 1.86 bits per heavy atom. The maximum atomic E-state index is 13.0. The number of aromatic hydroxyl groups is 1. The number of benzene rings is 2. The minimum Gasteiger partial charge on any atom is -0.507 e. The number of halogens is 1. The molecule has 0 radical (unpaired) electrons. The molecule has 4 rings (SSSR count). The van der Waals surface area contributed by atoms with Crippen molar-refractivity contribution in [3.8, 4) is 11.5 Å². The van der Waals surface area contributed by atoms with Crippen LogP contribution in [0.1, 0.15) is 27.0 Å². The smallest absolute Gasteiger partial charge is 0.232 e. The Morgan fingerprint density at radius 1 is 1.18 bits per heavy atom. The summed E-state index contributed by atoms with van der Waals surface area (Å²) in [5, 5.41) is 11.2. The molecule has 1 saturated heterocycles. The van der Waals surface area contributed by atoms with Crippen LogP contribution in [0.4, 0.5) is 0 Å². The Morgan fingerprint density at radius 3 is 2.54 bits per heavy atom. The van der Waals surface area contributed by atoms with Gasteiger partial charge in [0.15, 0.2) is 5.76 Å². The number of Topliss-reactive ketones (excluding diaryl/α,β-unsaturated/α-hetero) is 1. The summed E-state index contributed by atoms with van der Waals surface area (Å²) >= 11 is 5.94. The van der Waals surface area contributed by atoms with E-state index in [1.54, 1.807) is 24.3 Å². The Kier molecular flexibility index (Phi) is 5.15. The molecule has 28 heavy (non-hydrogen) atoms. The second kappa shape index (κ2) is 7.59. The van der Waals surface area contributed by atoms with E-state index >= 15 is 0 Å². The van der Waals surface area contributed by atoms with Gasteiger partial charge in [-0.2, -0.15) is 0 Å². The topological polar surface area (TPSA) is 53.0 Å². The van der Waals surface area contributed by atoms with E-state index in [-0.39, 0.29) is 17.3 Å². The monoisotopic (exact) mass is 398 g/mol. The molecule has 0 saturated carbocycles. The van der Waals surface area contributed by atoms with Crippen LogP contribution in [-0.4, -0.2) is 53.9 Å². The third-order valence-electron chi connectivity index (χ3n) is 5.37. The summed E-state index contributed by atoms with van der Waals surface area (Å²) in [7, 11) is 2.11. The van der Waals surface area contributed by atoms with Gasteiger partial charge < -0.3 is 14.7 Å². The SMILES string of the molecule is Cc1cc(O)c(CN2CCN(C)CC2)c2c1C(=O)/C(=C/c1ccc(Cl)cc1)O2. The zero-order valence-corrected chi connectivity index (χ0v) is 16.8. The third-order valence-corrected chi connectivity index (χ3v) is 5.62. The Bertz CT molecular complexity index is 945. The molecule has 0 aromatic heterocycles. The maximum Gasteiger partial charge on any atom is 0.232 e. The van der Waals surface area contributed by atoms with Crippen molar-refractivity contribution in [3.05, 3.63) is 63.4 Å². The molecule has 0 aliphatic carbocycles. The van der Waals surface area contributed by atoms with Crippen molar-refractivity contribution in [1.82, 2.24) is 9.80 Å². The van der Waals surface area contributed by atoms with Crippen LogP contribution in [0.5, 0.6) is 11.5 Å². The lowest BCUT2D eigenvalue weighted by Crippen LogP contribution is -2.43. The Hall–Kier alpha value is -2.34. The van der Waals surface area contributed by atoms with Gasteiger partial charge in [0.1, 0.15) is 11.5 Å². The molecule has 1 N–H and O–H groups in total. The molecule has 2 aromatic rings. The quantitative estimate of drug-likeness (QED) is 0.798. The van der Waals surface area contributed by atoms with E-state index in [1.165, 1.54) is 0 Å². The highest BCUT2D eigenvalue weighted by molar-refractivity contribution is 6.30. The first-order chi connectivity index (χ1) is 13.4. The van der Waals surface area contributed by atoms with E-state index < -0.39 is 0 Å². The second-order valence-electron chi connectivity index (χ2n) is 7.47. The normalized spacial score (nSPS) is 19.1. The molecule has 2 heterocycles. The van der Waals surface area contributed by atoms with E-state index in [1.807, 2.05) is 19.1 Å². The van der Waals surface area contributed by atoms with Crippen molar-refractivity contribution >= 4 is 23.5 Å². The van der Waals surface area contributed by atoms with Gasteiger partial charge in [-0.05, 0) is 49.4 Å². The number of phenolic OH excluding ortho intramolecular Hbond substituents is 1. The Balaban J connectivity index is 1.66. The lowest BCUT2D eigenvalue weighted by Gasteiger charge is -2.32. The number of carbonyl (C=O) groups excluding carboxylic acids is 1. The minimum absolute atomic E-state index is 0.151. The van der Waals surface area contributed by atoms with Gasteiger partial charge >= 0.3 is 0 Å². The van der Waals surface area contributed by atoms with Gasteiger partial charge in [-0.3, -0.25) is 9.69 Å². The molecule has 6 heteroatoms. The predicted molar refractivity (Wildman–Crippen MR) is 110 cm³/mol. The van der Waals surface area contributed by atoms with Crippen LogP contribution in [0.2, 0.25) is 5.02 Å². The molecule has 5 nitrogen and oxygen atoms in total. The summed E-state index contributed by atoms with van der Waals surface area (Å²) in [4.78, 5) is 17.5. The average molecular weight is 399 g/mol. The molecule has 0 amide bonds. The highest BCUT2D eigenvalue weighted by Gasteiger charge is 2.33. The number of likely N-dealkylation sites (N-methyl/N-ethyl adjacent to an activating group) is 1. The van der Waals surface area contributed by atoms with E-state index in [0.717, 1.165) is 37.3 Å². The first-order valence-electron chi connectivity index (χ1n) is 9.38. The summed E-state index contributed by atoms with van der Waals surface area (Å²) < 4.78 is 5.99. The first kappa shape index (κ1) is 19.0. The van der Waals surface area contributed by atoms with Gasteiger partial charge in [0.05, 0.1) is 11.1 Å². The summed E-state index contributed by atoms with van der Waals surface area (Å²) in [6, 6.07) is 8.89. The lowest BCUT2D eigenvalue weighted by atomic mass is 9.99. The van der Waals surface area contributed by atoms with Crippen LogP contribution < -0.4 is 4.74 Å². The van der Waals surface area contributed by atoms with Crippen molar-refractivity contribution in [2.24, 2.45) is 0 Å². The molecule has 0 atom stereocenters. The number of ketones is 1. The number of piperazine rings is 1. The Labute approximate surface area is 169 Å². The summed E-state index contributed by atoms with van der Waals surface area (Å²) in [6.07, 6.45) is 1.72. The van der Waals surface area contributed by atoms with E-state index in [4.69, 9.17) is 16.3 Å². The van der Waals surface area contributed by atoms with Crippen LogP contribution in [0.25, 0.3) is 6.08 Å². The lowest BCUT2D eigenvalue weighted by molar-refractivity contribution is 0.101. The van der Waals surface area contributed by atoms with Crippen LogP contribution in [0.15, 0.2) is 36.1 Å². The summed E-state index contributed by atoms with van der Waals surface area (Å²) in [5.41, 5.74) is 2.78. The van der Waals surface area contributed by atoms with Crippen LogP contribution in [-0.2, 0) is 6.54 Å². The van der Waals surface area contributed by atoms with Crippen LogP contribution in [0, 0.1) is 6.92 Å². The van der Waals surface area contributed by atoms with Gasteiger partial charge in [-0.1, -0.05) is 23.7 Å². The largest absolute Gasteiger partial charge is 0.507 e. The van der Waals surface area contributed by atoms with E-state index in [9.17, 15) is 9.90 Å². The molecule has 1 fully saturated rings. The highest BCUT2D eigenvalue weighted by Crippen LogP contribution is 2.42. The van der Waals surface area contributed by atoms with Crippen molar-refractivity contribution < 1.29 is 14.6 Å². The number of hydrogen-bond donors (Lipinski definition) is 1.